The molecule has 0 aliphatic carbocycles. The predicted molar refractivity (Wildman–Crippen MR) is 248 cm³/mol. The maximum Gasteiger partial charge on any atom is 2.00 e. The van der Waals surface area contributed by atoms with E-state index in [-0.39, 0.29) is 169 Å². The zero-order valence-corrected chi connectivity index (χ0v) is 43.2. The van der Waals surface area contributed by atoms with Gasteiger partial charge in [-0.3, -0.25) is 4.57 Å². The predicted octanol–water partition coefficient (Wildman–Crippen LogP) is 6.67. The molecule has 15 N–H and O–H groups in total. The van der Waals surface area contributed by atoms with Crippen molar-refractivity contribution in [2.75, 3.05) is 26.9 Å². The Hall–Kier alpha value is -2.34. The molecule has 1 heterocycles. The standard InChI is InChI=1S/2C3H6O3.C3H6O.6C3H6.CO2.CH4O.9CH3.3Co.HOP.6H2O/c2*1-2-6-3(4)5;1-3-2-4-3;6*1-3-2;2-1-3;1-2;;;;;;;;;;;;;1-2;;;;;;/h2*2H2,1H3,(H,4,5);3H,2H2,1H3;6*1-3H2;;2H,1H3;9*1H3;;;;2H;6*1H2/q;;;6*+2;;;9*-1;3*+2;;;;;;;. The summed E-state index contributed by atoms with van der Waals surface area (Å²) in [5.41, 5.74) is 0. The molecule has 0 aromatic rings. The van der Waals surface area contributed by atoms with E-state index in [0.29, 0.717) is 6.10 Å². The van der Waals surface area contributed by atoms with Gasteiger partial charge in [0.2, 0.25) is 38.5 Å². The molecule has 1 aliphatic heterocycles. The summed E-state index contributed by atoms with van der Waals surface area (Å²) in [6.07, 6.45) is 2.91. The maximum atomic E-state index is 9.38. The van der Waals surface area contributed by atoms with Crippen LogP contribution in [-0.4, -0.2) is 99.7 Å². The van der Waals surface area contributed by atoms with E-state index < -0.39 is 12.3 Å². The molecule has 0 bridgehead atoms. The fourth-order valence-corrected chi connectivity index (χ4v) is 0.343. The Kier molecular flexibility index (Phi) is 1670. The molecule has 375 valence electrons. The van der Waals surface area contributed by atoms with Crippen molar-refractivity contribution in [2.45, 2.75) is 65.4 Å². The van der Waals surface area contributed by atoms with Crippen LogP contribution < -0.4 is 0 Å². The van der Waals surface area contributed by atoms with Gasteiger partial charge in [-0.1, -0.05) is 0 Å². The summed E-state index contributed by atoms with van der Waals surface area (Å²) >= 11 is 0. The fraction of sp³-hybridized carbons (Fsp3) is 0.368. The zero-order valence-electron chi connectivity index (χ0n) is 39.0. The summed E-state index contributed by atoms with van der Waals surface area (Å²) in [4.78, 5) is 35.0. The third-order valence-electron chi connectivity index (χ3n) is 1.04. The van der Waals surface area contributed by atoms with E-state index in [9.17, 15) is 9.59 Å². The van der Waals surface area contributed by atoms with Crippen LogP contribution in [0, 0.1) is 150 Å². The maximum absolute atomic E-state index is 9.38. The molecule has 21 heteroatoms. The van der Waals surface area contributed by atoms with Crippen LogP contribution in [0.3, 0.4) is 0 Å². The number of aliphatic hydroxyl groups is 1. The second-order valence-corrected chi connectivity index (χ2v) is 4.75. The van der Waals surface area contributed by atoms with Gasteiger partial charge < -0.3 is 129 Å². The van der Waals surface area contributed by atoms with Gasteiger partial charge >= 0.3 is 68.8 Å². The Morgan fingerprint density at radius 2 is 0.593 bits per heavy atom. The summed E-state index contributed by atoms with van der Waals surface area (Å²) in [6.45, 7) is 47.2. The van der Waals surface area contributed by atoms with Crippen LogP contribution in [0.5, 0.6) is 0 Å². The number of hydrogen-bond donors (Lipinski definition) is 3. The number of carbonyl (C=O) groups excluding carboxylic acids is 2. The first kappa shape index (κ1) is 229. The quantitative estimate of drug-likeness (QED) is 0.113. The van der Waals surface area contributed by atoms with E-state index in [2.05, 4.69) is 99.5 Å². The smallest absolute Gasteiger partial charge is 0.450 e. The molecule has 0 amide bonds. The number of hydrogen-bond acceptors (Lipinski definition) is 9. The molecule has 0 spiro atoms. The fourth-order valence-electron chi connectivity index (χ4n) is 0.343. The SMILES string of the molecule is CC1CO1.CCOC(=O)O.CCOC(=O)O.CO.O.O.O.O.O.O.O=C=O.O=P.[CH2+]C[CH2+].[CH2+]C[CH2+].[CH2+]C[CH2+].[CH2+]C[CH2+].[CH2+]C[CH2+].[CH2+]C[CH2+].[CH3-].[CH3-].[CH3-].[CH3-].[CH3-].[CH3-].[CH3-].[CH3-].[CH3-].[Co+2].[Co+2].[Co+2]. The first-order valence-corrected chi connectivity index (χ1v) is 12.2. The molecule has 1 atom stereocenters. The second kappa shape index (κ2) is 430. The van der Waals surface area contributed by atoms with Gasteiger partial charge in [-0.15, -0.1) is 0 Å². The van der Waals surface area contributed by atoms with E-state index >= 15 is 0 Å². The normalized spacial score (nSPS) is 6.15. The van der Waals surface area contributed by atoms with Crippen LogP contribution in [0.1, 0.15) is 59.3 Å². The van der Waals surface area contributed by atoms with Crippen molar-refractivity contribution in [3.8, 4) is 0 Å². The molecule has 1 fully saturated rings. The Bertz CT molecular complexity index is 366. The largest absolute Gasteiger partial charge is 2.00 e. The number of carboxylic acid groups (broad SMARTS) is 2. The van der Waals surface area contributed by atoms with E-state index in [0.717, 1.165) is 52.2 Å². The van der Waals surface area contributed by atoms with Gasteiger partial charge in [0.25, 0.3) is 0 Å². The van der Waals surface area contributed by atoms with Crippen LogP contribution in [0.15, 0.2) is 0 Å². The molecular weight excluding hydrogens is 936 g/mol. The average molecular weight is 1030 g/mol. The topological polar surface area (TPSA) is 366 Å². The summed E-state index contributed by atoms with van der Waals surface area (Å²) in [5, 5.41) is 22.4. The number of rotatable bonds is 2. The minimum atomic E-state index is -1.21. The summed E-state index contributed by atoms with van der Waals surface area (Å²) in [7, 11) is 2.72. The Balaban J connectivity index is -0.00000000607. The molecule has 1 rings (SSSR count). The van der Waals surface area contributed by atoms with Gasteiger partial charge in [0.1, 0.15) is 92.2 Å². The van der Waals surface area contributed by atoms with E-state index in [1.165, 1.54) is 0 Å². The monoisotopic (exact) mass is 1030 g/mol. The molecule has 0 aromatic heterocycles. The van der Waals surface area contributed by atoms with E-state index in [1.54, 1.807) is 23.0 Å². The minimum Gasteiger partial charge on any atom is -0.450 e. The summed E-state index contributed by atoms with van der Waals surface area (Å²) < 4.78 is 20.7. The molecule has 59 heavy (non-hydrogen) atoms. The van der Waals surface area contributed by atoms with Gasteiger partial charge in [-0.2, -0.15) is 9.59 Å². The second-order valence-electron chi connectivity index (χ2n) is 4.75. The van der Waals surface area contributed by atoms with E-state index in [1.807, 2.05) is 0 Å². The van der Waals surface area contributed by atoms with Crippen LogP contribution in [0.25, 0.3) is 0 Å². The first-order valence-electron chi connectivity index (χ1n) is 11.8. The summed E-state index contributed by atoms with van der Waals surface area (Å²) in [6, 6.07) is 0. The van der Waals surface area contributed by atoms with Crippen LogP contribution in [0.4, 0.5) is 9.59 Å². The molecule has 0 saturated carbocycles. The molecule has 1 saturated heterocycles. The molecule has 1 aliphatic rings. The minimum absolute atomic E-state index is 0. The molecule has 0 aromatic carbocycles. The van der Waals surface area contributed by atoms with Crippen LogP contribution in [-0.2, 0) is 78.7 Å². The van der Waals surface area contributed by atoms with Crippen molar-refractivity contribution in [1.29, 1.82) is 0 Å². The molecule has 17 nitrogen and oxygen atoms in total. The summed E-state index contributed by atoms with van der Waals surface area (Å²) in [5.74, 6) is 0. The third kappa shape index (κ3) is 3610. The Morgan fingerprint density at radius 3 is 0.593 bits per heavy atom. The van der Waals surface area contributed by atoms with Crippen molar-refractivity contribution < 1.29 is 136 Å². The van der Waals surface area contributed by atoms with Crippen molar-refractivity contribution >= 4 is 27.6 Å². The van der Waals surface area contributed by atoms with Gasteiger partial charge in [0, 0.05) is 7.11 Å². The van der Waals surface area contributed by atoms with Gasteiger partial charge in [0.05, 0.1) is 25.9 Å². The number of ether oxygens (including phenoxy) is 3. The number of aliphatic hydroxyl groups excluding tert-OH is 1. The molecular formula is C38H98Co3O17P+9. The van der Waals surface area contributed by atoms with Crippen LogP contribution >= 0.6 is 9.12 Å². The Morgan fingerprint density at radius 1 is 0.525 bits per heavy atom. The van der Waals surface area contributed by atoms with Crippen molar-refractivity contribution in [3.05, 3.63) is 150 Å². The Labute approximate surface area is 404 Å². The van der Waals surface area contributed by atoms with Gasteiger partial charge in [-0.05, 0) is 20.8 Å². The van der Waals surface area contributed by atoms with Crippen molar-refractivity contribution in [1.82, 2.24) is 0 Å². The average Bonchev–Trinajstić information content (AvgIpc) is 3.68. The van der Waals surface area contributed by atoms with Gasteiger partial charge in [0.15, 0.2) is 0 Å². The molecule has 3 radical (unpaired) electrons. The third-order valence-corrected chi connectivity index (χ3v) is 1.04. The zero-order chi connectivity index (χ0) is 35.9. The molecule has 1 unspecified atom stereocenters. The van der Waals surface area contributed by atoms with E-state index in [4.69, 9.17) is 34.2 Å². The number of carbonyl (C=O) groups is 2. The van der Waals surface area contributed by atoms with Crippen LogP contribution in [0.2, 0.25) is 0 Å². The number of epoxide rings is 1. The van der Waals surface area contributed by atoms with Gasteiger partial charge in [-0.25, -0.2) is 9.59 Å². The van der Waals surface area contributed by atoms with Crippen molar-refractivity contribution in [2.24, 2.45) is 0 Å². The van der Waals surface area contributed by atoms with Crippen molar-refractivity contribution in [3.63, 3.8) is 0 Å². The first-order chi connectivity index (χ1) is 19.3.